The highest BCUT2D eigenvalue weighted by Gasteiger charge is 2.16. The molecule has 0 bridgehead atoms. The third-order valence-corrected chi connectivity index (χ3v) is 5.25. The first-order valence-corrected chi connectivity index (χ1v) is 9.48. The molecule has 2 aromatic heterocycles. The number of aromatic nitrogens is 2. The third-order valence-electron chi connectivity index (χ3n) is 4.37. The number of rotatable bonds is 6. The first-order chi connectivity index (χ1) is 13.5. The number of hydrogen-bond acceptors (Lipinski definition) is 6. The number of carbonyl (C=O) groups excluding carboxylic acids is 1. The Hall–Kier alpha value is -3.49. The second-order valence-electron chi connectivity index (χ2n) is 6.25. The molecular weight excluding hydrogens is 374 g/mol. The Labute approximate surface area is 165 Å². The van der Waals surface area contributed by atoms with Crippen LogP contribution in [0.5, 0.6) is 0 Å². The minimum atomic E-state index is -0.348. The summed E-state index contributed by atoms with van der Waals surface area (Å²) in [6.07, 6.45) is 1.45. The van der Waals surface area contributed by atoms with E-state index < -0.39 is 0 Å². The van der Waals surface area contributed by atoms with Crippen LogP contribution in [0, 0.1) is 29.6 Å². The summed E-state index contributed by atoms with van der Waals surface area (Å²) in [4.78, 5) is 31.4. The van der Waals surface area contributed by atoms with Gasteiger partial charge in [0.05, 0.1) is 23.9 Å². The highest BCUT2D eigenvalue weighted by atomic mass is 32.1. The van der Waals surface area contributed by atoms with Crippen molar-refractivity contribution in [2.45, 2.75) is 19.9 Å². The highest BCUT2D eigenvalue weighted by molar-refractivity contribution is 7.17. The fourth-order valence-electron chi connectivity index (χ4n) is 2.85. The van der Waals surface area contributed by atoms with Gasteiger partial charge in [-0.05, 0) is 12.5 Å². The second-order valence-corrected chi connectivity index (χ2v) is 7.11. The number of fused-ring (bicyclic) bond motifs is 1. The molecule has 0 saturated heterocycles. The molecule has 7 nitrogen and oxygen atoms in total. The lowest BCUT2D eigenvalue weighted by atomic mass is 10.1. The van der Waals surface area contributed by atoms with Gasteiger partial charge >= 0.3 is 0 Å². The van der Waals surface area contributed by atoms with Gasteiger partial charge in [0, 0.05) is 23.9 Å². The topological polar surface area (TPSA) is 103 Å². The van der Waals surface area contributed by atoms with Crippen LogP contribution in [0.1, 0.15) is 12.0 Å². The Morgan fingerprint density at radius 1 is 1.21 bits per heavy atom. The minimum Gasteiger partial charge on any atom is -0.316 e. The van der Waals surface area contributed by atoms with Gasteiger partial charge in [-0.2, -0.15) is 10.5 Å². The fraction of sp³-hybridized carbons (Fsp3) is 0.250. The molecule has 0 atom stereocenters. The Balaban J connectivity index is 1.88. The molecule has 2 heterocycles. The van der Waals surface area contributed by atoms with Crippen LogP contribution in [0.3, 0.4) is 0 Å². The maximum Gasteiger partial charge on any atom is 0.262 e. The van der Waals surface area contributed by atoms with Crippen LogP contribution in [0.4, 0.5) is 0 Å². The van der Waals surface area contributed by atoms with Gasteiger partial charge < -0.3 is 4.90 Å². The summed E-state index contributed by atoms with van der Waals surface area (Å²) in [5, 5.41) is 20.0. The molecule has 28 heavy (non-hydrogen) atoms. The number of thiophene rings is 1. The van der Waals surface area contributed by atoms with Gasteiger partial charge in [-0.15, -0.1) is 11.3 Å². The summed E-state index contributed by atoms with van der Waals surface area (Å²) in [6.45, 7) is 1.83. The van der Waals surface area contributed by atoms with E-state index in [2.05, 4.69) is 4.98 Å². The van der Waals surface area contributed by atoms with Crippen LogP contribution >= 0.6 is 11.3 Å². The van der Waals surface area contributed by atoms with E-state index >= 15 is 0 Å². The SMILES string of the molecule is Cc1ccc(-c2csc3ncn(CCC(=O)N(CC#N)CC#N)c(=O)c23)cc1. The van der Waals surface area contributed by atoms with E-state index in [1.54, 1.807) is 0 Å². The molecule has 3 aromatic rings. The first kappa shape index (κ1) is 19.3. The molecule has 3 rings (SSSR count). The molecule has 0 aliphatic carbocycles. The number of hydrogen-bond donors (Lipinski definition) is 0. The molecular formula is C20H17N5O2S. The Morgan fingerprint density at radius 2 is 1.89 bits per heavy atom. The van der Waals surface area contributed by atoms with E-state index in [4.69, 9.17) is 10.5 Å². The lowest BCUT2D eigenvalue weighted by Crippen LogP contribution is -2.33. The number of aryl methyl sites for hydroxylation is 2. The van der Waals surface area contributed by atoms with Crippen molar-refractivity contribution in [2.24, 2.45) is 0 Å². The van der Waals surface area contributed by atoms with Crippen molar-refractivity contribution in [1.29, 1.82) is 10.5 Å². The third kappa shape index (κ3) is 3.93. The standard InChI is InChI=1S/C20H17N5O2S/c1-14-2-4-15(5-3-14)16-12-28-19-18(16)20(27)25(13-23-19)9-6-17(26)24(10-7-21)11-8-22/h2-5,12-13H,6,9-11H2,1H3. The van der Waals surface area contributed by atoms with Crippen LogP contribution in [0.2, 0.25) is 0 Å². The molecule has 0 radical (unpaired) electrons. The van der Waals surface area contributed by atoms with Crippen molar-refractivity contribution < 1.29 is 4.79 Å². The lowest BCUT2D eigenvalue weighted by Gasteiger charge is -2.15. The lowest BCUT2D eigenvalue weighted by molar-refractivity contribution is -0.130. The monoisotopic (exact) mass is 391 g/mol. The van der Waals surface area contributed by atoms with Gasteiger partial charge in [0.15, 0.2) is 0 Å². The van der Waals surface area contributed by atoms with Gasteiger partial charge in [-0.25, -0.2) is 4.98 Å². The van der Waals surface area contributed by atoms with E-state index in [1.807, 2.05) is 48.7 Å². The fourth-order valence-corrected chi connectivity index (χ4v) is 3.76. The molecule has 0 N–H and O–H groups in total. The smallest absolute Gasteiger partial charge is 0.262 e. The molecule has 0 saturated carbocycles. The number of carbonyl (C=O) groups is 1. The first-order valence-electron chi connectivity index (χ1n) is 8.60. The van der Waals surface area contributed by atoms with Gasteiger partial charge in [-0.1, -0.05) is 29.8 Å². The molecule has 0 aliphatic rings. The number of benzene rings is 1. The Kier molecular flexibility index (Phi) is 5.83. The molecule has 8 heteroatoms. The zero-order chi connectivity index (χ0) is 20.1. The molecule has 1 amide bonds. The van der Waals surface area contributed by atoms with Crippen LogP contribution in [-0.4, -0.2) is 33.4 Å². The second kappa shape index (κ2) is 8.47. The van der Waals surface area contributed by atoms with Gasteiger partial charge in [0.2, 0.25) is 5.91 Å². The van der Waals surface area contributed by atoms with E-state index in [9.17, 15) is 9.59 Å². The summed E-state index contributed by atoms with van der Waals surface area (Å²) >= 11 is 1.41. The molecule has 0 spiro atoms. The quantitative estimate of drug-likeness (QED) is 0.601. The van der Waals surface area contributed by atoms with E-state index in [0.717, 1.165) is 16.7 Å². The maximum atomic E-state index is 13.0. The number of nitrogens with zero attached hydrogens (tertiary/aromatic N) is 5. The zero-order valence-electron chi connectivity index (χ0n) is 15.3. The molecule has 0 unspecified atom stereocenters. The minimum absolute atomic E-state index is 0.0143. The van der Waals surface area contributed by atoms with E-state index in [1.165, 1.54) is 27.1 Å². The predicted octanol–water partition coefficient (Wildman–Crippen LogP) is 2.70. The summed E-state index contributed by atoms with van der Waals surface area (Å²) in [5.41, 5.74) is 2.70. The molecule has 1 aromatic carbocycles. The van der Waals surface area contributed by atoms with Crippen molar-refractivity contribution in [3.05, 3.63) is 51.9 Å². The van der Waals surface area contributed by atoms with Crippen molar-refractivity contribution in [1.82, 2.24) is 14.5 Å². The largest absolute Gasteiger partial charge is 0.316 e. The van der Waals surface area contributed by atoms with Crippen molar-refractivity contribution in [3.8, 4) is 23.3 Å². The Bertz CT molecular complexity index is 1130. The van der Waals surface area contributed by atoms with E-state index in [0.29, 0.717) is 10.2 Å². The van der Waals surface area contributed by atoms with E-state index in [-0.39, 0.29) is 37.5 Å². The highest BCUT2D eigenvalue weighted by Crippen LogP contribution is 2.30. The number of nitriles is 2. The summed E-state index contributed by atoms with van der Waals surface area (Å²) < 4.78 is 1.40. The summed E-state index contributed by atoms with van der Waals surface area (Å²) in [5.74, 6) is -0.348. The Morgan fingerprint density at radius 3 is 2.54 bits per heavy atom. The molecule has 0 fully saturated rings. The number of amides is 1. The van der Waals surface area contributed by atoms with Crippen LogP contribution in [0.25, 0.3) is 21.3 Å². The summed E-state index contributed by atoms with van der Waals surface area (Å²) in [6, 6.07) is 11.7. The van der Waals surface area contributed by atoms with Gasteiger partial charge in [0.25, 0.3) is 5.56 Å². The predicted molar refractivity (Wildman–Crippen MR) is 106 cm³/mol. The molecule has 0 aliphatic heterocycles. The average molecular weight is 391 g/mol. The average Bonchev–Trinajstić information content (AvgIpc) is 3.12. The maximum absolute atomic E-state index is 13.0. The van der Waals surface area contributed by atoms with Crippen molar-refractivity contribution in [2.75, 3.05) is 13.1 Å². The van der Waals surface area contributed by atoms with Crippen molar-refractivity contribution >= 4 is 27.5 Å². The van der Waals surface area contributed by atoms with Gasteiger partial charge in [-0.3, -0.25) is 14.2 Å². The molecule has 140 valence electrons. The summed E-state index contributed by atoms with van der Waals surface area (Å²) in [7, 11) is 0. The van der Waals surface area contributed by atoms with Crippen molar-refractivity contribution in [3.63, 3.8) is 0 Å². The van der Waals surface area contributed by atoms with Crippen LogP contribution in [0.15, 0.2) is 40.8 Å². The van der Waals surface area contributed by atoms with Crippen LogP contribution < -0.4 is 5.56 Å². The zero-order valence-corrected chi connectivity index (χ0v) is 16.1. The van der Waals surface area contributed by atoms with Crippen LogP contribution in [-0.2, 0) is 11.3 Å². The van der Waals surface area contributed by atoms with Gasteiger partial charge in [0.1, 0.15) is 17.9 Å². The normalized spacial score (nSPS) is 10.4.